The molecule has 1 aliphatic carbocycles. The zero-order valence-electron chi connectivity index (χ0n) is 14.0. The van der Waals surface area contributed by atoms with Crippen molar-refractivity contribution in [3.05, 3.63) is 51.4 Å². The first-order valence-electron chi connectivity index (χ1n) is 8.49. The smallest absolute Gasteiger partial charge is 0.257 e. The van der Waals surface area contributed by atoms with E-state index < -0.39 is 5.91 Å². The van der Waals surface area contributed by atoms with Crippen molar-refractivity contribution in [3.63, 3.8) is 0 Å². The molecule has 7 nitrogen and oxygen atoms in total. The van der Waals surface area contributed by atoms with Crippen LogP contribution in [-0.2, 0) is 17.6 Å². The molecule has 0 radical (unpaired) electrons. The fraction of sp³-hybridized carbons (Fsp3) is 0.333. The van der Waals surface area contributed by atoms with E-state index in [1.807, 2.05) is 0 Å². The number of carbonyl (C=O) groups is 2. The van der Waals surface area contributed by atoms with Crippen molar-refractivity contribution < 1.29 is 9.59 Å². The van der Waals surface area contributed by atoms with Crippen molar-refractivity contribution in [1.29, 1.82) is 0 Å². The highest BCUT2D eigenvalue weighted by Gasteiger charge is 2.31. The minimum atomic E-state index is -0.512. The summed E-state index contributed by atoms with van der Waals surface area (Å²) < 4.78 is 1.69. The topological polar surface area (TPSA) is 107 Å². The van der Waals surface area contributed by atoms with Crippen LogP contribution in [0, 0.1) is 0 Å². The van der Waals surface area contributed by atoms with E-state index >= 15 is 0 Å². The summed E-state index contributed by atoms with van der Waals surface area (Å²) in [5.74, 6) is -0.0244. The number of thioether (sulfide) groups is 1. The minimum Gasteiger partial charge on any atom is -0.366 e. The molecule has 1 atom stereocenters. The molecule has 1 aromatic carbocycles. The van der Waals surface area contributed by atoms with E-state index in [2.05, 4.69) is 10.3 Å². The Hall–Kier alpha value is -2.61. The van der Waals surface area contributed by atoms with Crippen molar-refractivity contribution in [3.8, 4) is 0 Å². The number of aromatic nitrogens is 2. The third-order valence-electron chi connectivity index (χ3n) is 4.75. The van der Waals surface area contributed by atoms with Gasteiger partial charge in [-0.05, 0) is 43.5 Å². The molecule has 2 amide bonds. The quantitative estimate of drug-likeness (QED) is 0.793. The molecule has 4 rings (SSSR count). The molecule has 2 heterocycles. The zero-order valence-corrected chi connectivity index (χ0v) is 14.8. The molecule has 134 valence electrons. The van der Waals surface area contributed by atoms with Crippen LogP contribution in [0.1, 0.15) is 40.5 Å². The van der Waals surface area contributed by atoms with Crippen molar-refractivity contribution >= 4 is 29.3 Å². The number of fused-ring (bicyclic) bond motifs is 2. The third kappa shape index (κ3) is 3.01. The van der Waals surface area contributed by atoms with Gasteiger partial charge in [-0.3, -0.25) is 19.0 Å². The Bertz CT molecular complexity index is 952. The Morgan fingerprint density at radius 3 is 2.77 bits per heavy atom. The molecule has 2 aromatic rings. The van der Waals surface area contributed by atoms with E-state index in [0.717, 1.165) is 35.7 Å². The van der Waals surface area contributed by atoms with Gasteiger partial charge in [-0.25, -0.2) is 4.98 Å². The number of hydrogen-bond acceptors (Lipinski definition) is 5. The number of carbonyl (C=O) groups excluding carboxylic acids is 2. The summed E-state index contributed by atoms with van der Waals surface area (Å²) in [4.78, 5) is 40.8. The van der Waals surface area contributed by atoms with Crippen molar-refractivity contribution in [2.24, 2.45) is 5.73 Å². The van der Waals surface area contributed by atoms with Crippen LogP contribution in [0.2, 0.25) is 0 Å². The van der Waals surface area contributed by atoms with Crippen LogP contribution < -0.4 is 16.6 Å². The lowest BCUT2D eigenvalue weighted by molar-refractivity contribution is -0.116. The van der Waals surface area contributed by atoms with Crippen LogP contribution in [-0.4, -0.2) is 27.1 Å². The van der Waals surface area contributed by atoms with Crippen LogP contribution in [0.25, 0.3) is 0 Å². The van der Waals surface area contributed by atoms with Gasteiger partial charge in [-0.2, -0.15) is 0 Å². The second kappa shape index (κ2) is 6.60. The molecule has 1 aliphatic heterocycles. The van der Waals surface area contributed by atoms with Crippen molar-refractivity contribution in [2.75, 3.05) is 11.1 Å². The molecule has 3 N–H and O–H groups in total. The maximum atomic E-state index is 12.7. The first-order chi connectivity index (χ1) is 12.5. The number of amides is 2. The van der Waals surface area contributed by atoms with Gasteiger partial charge in [-0.1, -0.05) is 11.8 Å². The van der Waals surface area contributed by atoms with Crippen LogP contribution in [0.15, 0.2) is 34.2 Å². The van der Waals surface area contributed by atoms with E-state index in [1.165, 1.54) is 11.8 Å². The average molecular weight is 370 g/mol. The van der Waals surface area contributed by atoms with Gasteiger partial charge >= 0.3 is 0 Å². The largest absolute Gasteiger partial charge is 0.366 e. The zero-order chi connectivity index (χ0) is 18.3. The predicted octanol–water partition coefficient (Wildman–Crippen LogP) is 1.51. The highest BCUT2D eigenvalue weighted by molar-refractivity contribution is 7.99. The number of hydrogen-bond donors (Lipinski definition) is 2. The molecular formula is C18H18N4O3S. The summed E-state index contributed by atoms with van der Waals surface area (Å²) in [5, 5.41) is 3.52. The lowest BCUT2D eigenvalue weighted by Gasteiger charge is -2.14. The van der Waals surface area contributed by atoms with E-state index in [-0.39, 0.29) is 23.9 Å². The molecule has 1 aromatic heterocycles. The number of primary amides is 1. The number of anilines is 1. The number of aryl methyl sites for hydroxylation is 1. The fourth-order valence-corrected chi connectivity index (χ4v) is 4.60. The summed E-state index contributed by atoms with van der Waals surface area (Å²) >= 11 is 1.53. The molecule has 0 bridgehead atoms. The molecule has 0 saturated heterocycles. The second-order valence-corrected chi connectivity index (χ2v) is 7.49. The number of rotatable bonds is 4. The molecule has 0 spiro atoms. The number of nitrogens with zero attached hydrogens (tertiary/aromatic N) is 2. The summed E-state index contributed by atoms with van der Waals surface area (Å²) in [6.45, 7) is 0. The molecule has 2 aliphatic rings. The van der Waals surface area contributed by atoms with Crippen LogP contribution in [0.3, 0.4) is 0 Å². The summed E-state index contributed by atoms with van der Waals surface area (Å²) in [6, 6.07) is 6.21. The van der Waals surface area contributed by atoms with E-state index in [1.54, 1.807) is 28.8 Å². The molecule has 1 unspecified atom stereocenters. The lowest BCUT2D eigenvalue weighted by Crippen LogP contribution is -2.30. The Morgan fingerprint density at radius 2 is 2.04 bits per heavy atom. The van der Waals surface area contributed by atoms with Gasteiger partial charge < -0.3 is 11.1 Å². The highest BCUT2D eigenvalue weighted by Crippen LogP contribution is 2.34. The number of nitrogens with one attached hydrogen (secondary N) is 1. The van der Waals surface area contributed by atoms with Gasteiger partial charge in [0, 0.05) is 29.0 Å². The van der Waals surface area contributed by atoms with Crippen molar-refractivity contribution in [2.45, 2.75) is 36.9 Å². The molecule has 8 heteroatoms. The first kappa shape index (κ1) is 16.8. The maximum Gasteiger partial charge on any atom is 0.257 e. The monoisotopic (exact) mass is 370 g/mol. The highest BCUT2D eigenvalue weighted by atomic mass is 32.2. The number of nitrogens with two attached hydrogens (primary N) is 1. The Balaban J connectivity index is 1.49. The van der Waals surface area contributed by atoms with Gasteiger partial charge in [0.15, 0.2) is 5.16 Å². The van der Waals surface area contributed by atoms with Gasteiger partial charge in [0.2, 0.25) is 11.8 Å². The second-order valence-electron chi connectivity index (χ2n) is 6.51. The fourth-order valence-electron chi connectivity index (χ4n) is 3.45. The lowest BCUT2D eigenvalue weighted by atomic mass is 10.1. The van der Waals surface area contributed by atoms with E-state index in [0.29, 0.717) is 17.0 Å². The average Bonchev–Trinajstić information content (AvgIpc) is 3.23. The summed E-state index contributed by atoms with van der Waals surface area (Å²) in [6.07, 6.45) is 2.82. The van der Waals surface area contributed by atoms with Crippen LogP contribution in [0.5, 0.6) is 0 Å². The van der Waals surface area contributed by atoms with Crippen LogP contribution in [0.4, 0.5) is 5.69 Å². The normalized spacial score (nSPS) is 17.6. The van der Waals surface area contributed by atoms with Gasteiger partial charge in [0.1, 0.15) is 0 Å². The Kier molecular flexibility index (Phi) is 4.28. The SMILES string of the molecule is NC(=O)c1ccc(NC(=O)CC2CSc3nc4c(c(=O)n32)CCC4)cc1. The predicted molar refractivity (Wildman–Crippen MR) is 98.5 cm³/mol. The van der Waals surface area contributed by atoms with Gasteiger partial charge in [0.25, 0.3) is 5.56 Å². The molecular weight excluding hydrogens is 352 g/mol. The summed E-state index contributed by atoms with van der Waals surface area (Å²) in [7, 11) is 0. The van der Waals surface area contributed by atoms with Crippen LogP contribution >= 0.6 is 11.8 Å². The molecule has 26 heavy (non-hydrogen) atoms. The third-order valence-corrected chi connectivity index (χ3v) is 5.84. The molecule has 0 saturated carbocycles. The maximum absolute atomic E-state index is 12.7. The molecule has 0 fully saturated rings. The minimum absolute atomic E-state index is 0.0103. The van der Waals surface area contributed by atoms with E-state index in [9.17, 15) is 14.4 Å². The van der Waals surface area contributed by atoms with Crippen molar-refractivity contribution in [1.82, 2.24) is 9.55 Å². The number of benzene rings is 1. The standard InChI is InChI=1S/C18H18N4O3S/c19-16(24)10-4-6-11(7-5-10)20-15(23)8-12-9-26-18-21-14-3-1-2-13(14)17(25)22(12)18/h4-7,12H,1-3,8-9H2,(H2,19,24)(H,20,23). The summed E-state index contributed by atoms with van der Waals surface area (Å²) in [5.41, 5.74) is 7.92. The Labute approximate surface area is 154 Å². The first-order valence-corrected chi connectivity index (χ1v) is 9.48. The van der Waals surface area contributed by atoms with E-state index in [4.69, 9.17) is 5.73 Å². The van der Waals surface area contributed by atoms with Gasteiger partial charge in [-0.15, -0.1) is 0 Å². The Morgan fingerprint density at radius 1 is 1.27 bits per heavy atom. The van der Waals surface area contributed by atoms with Gasteiger partial charge in [0.05, 0.1) is 11.7 Å².